The summed E-state index contributed by atoms with van der Waals surface area (Å²) in [5.41, 5.74) is 1.72. The van der Waals surface area contributed by atoms with Crippen LogP contribution in [0.25, 0.3) is 32.8 Å². The Morgan fingerprint density at radius 3 is 2.45 bits per heavy atom. The molecule has 148 valence electrons. The van der Waals surface area contributed by atoms with Gasteiger partial charge in [-0.05, 0) is 52.3 Å². The highest BCUT2D eigenvalue weighted by atomic mass is 16.5. The number of benzene rings is 1. The molecule has 0 aliphatic carbocycles. The first-order chi connectivity index (χ1) is 13.8. The Kier molecular flexibility index (Phi) is 4.26. The Morgan fingerprint density at radius 1 is 1.03 bits per heavy atom. The van der Waals surface area contributed by atoms with Gasteiger partial charge in [0.15, 0.2) is 11.0 Å². The lowest BCUT2D eigenvalue weighted by molar-refractivity contribution is 0.0524. The molecule has 7 nitrogen and oxygen atoms in total. The van der Waals surface area contributed by atoms with Gasteiger partial charge in [-0.1, -0.05) is 0 Å². The molecule has 0 aliphatic rings. The number of nitrogens with zero attached hydrogens (tertiary/aromatic N) is 1. The number of esters is 1. The number of carbonyl (C=O) groups excluding carboxylic acids is 1. The molecule has 0 saturated heterocycles. The van der Waals surface area contributed by atoms with Gasteiger partial charge in [-0.3, -0.25) is 9.78 Å². The van der Waals surface area contributed by atoms with Gasteiger partial charge in [-0.25, -0.2) is 9.59 Å². The van der Waals surface area contributed by atoms with E-state index in [1.54, 1.807) is 46.8 Å². The van der Waals surface area contributed by atoms with Crippen molar-refractivity contribution in [3.8, 4) is 0 Å². The molecule has 3 aromatic heterocycles. The van der Waals surface area contributed by atoms with E-state index in [9.17, 15) is 14.4 Å². The number of hydrogen-bond acceptors (Lipinski definition) is 7. The summed E-state index contributed by atoms with van der Waals surface area (Å²) < 4.78 is 16.5. The third-order valence-electron chi connectivity index (χ3n) is 5.24. The van der Waals surface area contributed by atoms with Crippen LogP contribution in [0.4, 0.5) is 0 Å². The zero-order valence-electron chi connectivity index (χ0n) is 16.8. The molecule has 3 heterocycles. The van der Waals surface area contributed by atoms with Crippen LogP contribution in [0.2, 0.25) is 0 Å². The van der Waals surface area contributed by atoms with Gasteiger partial charge in [0.05, 0.1) is 39.5 Å². The number of carbonyl (C=O) groups is 1. The van der Waals surface area contributed by atoms with E-state index < -0.39 is 11.6 Å². The molecule has 0 radical (unpaired) electrons. The summed E-state index contributed by atoms with van der Waals surface area (Å²) >= 11 is 0. The SMILES string of the molecule is CCOC(=O)c1c(C)nc2c(c1C)c(=O)oc1ccc3c(=O)c(C)c(C)oc3c12. The molecule has 0 N–H and O–H groups in total. The number of rotatable bonds is 2. The van der Waals surface area contributed by atoms with Gasteiger partial charge in [0, 0.05) is 5.56 Å². The molecule has 0 bridgehead atoms. The van der Waals surface area contributed by atoms with Crippen molar-refractivity contribution in [1.82, 2.24) is 4.98 Å². The summed E-state index contributed by atoms with van der Waals surface area (Å²) in [6, 6.07) is 3.15. The van der Waals surface area contributed by atoms with Crippen LogP contribution in [0.1, 0.15) is 39.9 Å². The third kappa shape index (κ3) is 2.65. The van der Waals surface area contributed by atoms with Gasteiger partial charge in [0.2, 0.25) is 0 Å². The maximum atomic E-state index is 12.7. The predicted octanol–water partition coefficient (Wildman–Crippen LogP) is 3.86. The standard InChI is InChI=1S/C22H19NO6/c1-6-27-21(25)15-10(3)16-18(23-11(15)4)17-14(29-22(16)26)8-7-13-19(24)9(2)12(5)28-20(13)17/h7-8H,6H2,1-5H3. The topological polar surface area (TPSA) is 99.6 Å². The van der Waals surface area contributed by atoms with Crippen LogP contribution in [-0.4, -0.2) is 17.6 Å². The molecule has 0 unspecified atom stereocenters. The first-order valence-electron chi connectivity index (χ1n) is 9.24. The second kappa shape index (κ2) is 6.55. The van der Waals surface area contributed by atoms with E-state index in [0.717, 1.165) is 0 Å². The van der Waals surface area contributed by atoms with Crippen molar-refractivity contribution in [2.45, 2.75) is 34.6 Å². The fraction of sp³-hybridized carbons (Fsp3) is 0.273. The number of fused-ring (bicyclic) bond motifs is 5. The molecule has 0 fully saturated rings. The lowest BCUT2D eigenvalue weighted by Gasteiger charge is -2.13. The molecule has 0 amide bonds. The molecule has 0 atom stereocenters. The van der Waals surface area contributed by atoms with E-state index in [-0.39, 0.29) is 28.6 Å². The van der Waals surface area contributed by atoms with Crippen molar-refractivity contribution in [3.05, 3.63) is 60.9 Å². The van der Waals surface area contributed by atoms with Gasteiger partial charge in [-0.15, -0.1) is 0 Å². The van der Waals surface area contributed by atoms with Crippen LogP contribution < -0.4 is 11.1 Å². The van der Waals surface area contributed by atoms with Crippen molar-refractivity contribution in [2.75, 3.05) is 6.61 Å². The Balaban J connectivity index is 2.27. The van der Waals surface area contributed by atoms with E-state index in [1.165, 1.54) is 0 Å². The second-order valence-electron chi connectivity index (χ2n) is 6.96. The van der Waals surface area contributed by atoms with E-state index in [0.29, 0.717) is 44.5 Å². The van der Waals surface area contributed by atoms with E-state index in [1.807, 2.05) is 0 Å². The first-order valence-corrected chi connectivity index (χ1v) is 9.24. The molecule has 29 heavy (non-hydrogen) atoms. The Morgan fingerprint density at radius 2 is 1.76 bits per heavy atom. The minimum absolute atomic E-state index is 0.151. The van der Waals surface area contributed by atoms with Crippen molar-refractivity contribution in [2.24, 2.45) is 0 Å². The fourth-order valence-corrected chi connectivity index (χ4v) is 3.69. The Bertz CT molecular complexity index is 1460. The van der Waals surface area contributed by atoms with Crippen LogP contribution >= 0.6 is 0 Å². The van der Waals surface area contributed by atoms with Gasteiger partial charge in [0.1, 0.15) is 11.3 Å². The van der Waals surface area contributed by atoms with E-state index in [4.69, 9.17) is 13.6 Å². The summed E-state index contributed by atoms with van der Waals surface area (Å²) in [6.45, 7) is 8.65. The van der Waals surface area contributed by atoms with Crippen molar-refractivity contribution >= 4 is 38.8 Å². The molecule has 0 aliphatic heterocycles. The highest BCUT2D eigenvalue weighted by molar-refractivity contribution is 6.15. The summed E-state index contributed by atoms with van der Waals surface area (Å²) in [5, 5.41) is 0.973. The van der Waals surface area contributed by atoms with Crippen LogP contribution in [0.5, 0.6) is 0 Å². The van der Waals surface area contributed by atoms with Crippen molar-refractivity contribution in [3.63, 3.8) is 0 Å². The average molecular weight is 393 g/mol. The van der Waals surface area contributed by atoms with Gasteiger partial charge in [0.25, 0.3) is 0 Å². The largest absolute Gasteiger partial charge is 0.462 e. The minimum Gasteiger partial charge on any atom is -0.462 e. The molecule has 0 saturated carbocycles. The van der Waals surface area contributed by atoms with Crippen LogP contribution in [0, 0.1) is 27.7 Å². The Labute approximate surface area is 164 Å². The van der Waals surface area contributed by atoms with Gasteiger partial charge >= 0.3 is 11.6 Å². The van der Waals surface area contributed by atoms with E-state index >= 15 is 0 Å². The number of pyridine rings is 1. The van der Waals surface area contributed by atoms with Crippen molar-refractivity contribution in [1.29, 1.82) is 0 Å². The number of aromatic nitrogens is 1. The summed E-state index contributed by atoms with van der Waals surface area (Å²) in [4.78, 5) is 42.4. The van der Waals surface area contributed by atoms with Crippen molar-refractivity contribution < 1.29 is 18.4 Å². The summed E-state index contributed by atoms with van der Waals surface area (Å²) in [5.74, 6) is -0.0711. The highest BCUT2D eigenvalue weighted by Crippen LogP contribution is 2.32. The smallest absolute Gasteiger partial charge is 0.346 e. The van der Waals surface area contributed by atoms with E-state index in [2.05, 4.69) is 4.98 Å². The fourth-order valence-electron chi connectivity index (χ4n) is 3.69. The molecule has 4 rings (SSSR count). The van der Waals surface area contributed by atoms with Crippen LogP contribution in [-0.2, 0) is 4.74 Å². The molecule has 1 aromatic carbocycles. The average Bonchev–Trinajstić information content (AvgIpc) is 2.65. The highest BCUT2D eigenvalue weighted by Gasteiger charge is 2.23. The molecule has 4 aromatic rings. The predicted molar refractivity (Wildman–Crippen MR) is 109 cm³/mol. The monoisotopic (exact) mass is 393 g/mol. The maximum Gasteiger partial charge on any atom is 0.346 e. The molecular weight excluding hydrogens is 374 g/mol. The summed E-state index contributed by atoms with van der Waals surface area (Å²) in [7, 11) is 0. The summed E-state index contributed by atoms with van der Waals surface area (Å²) in [6.07, 6.45) is 0. The lowest BCUT2D eigenvalue weighted by Crippen LogP contribution is -2.14. The quantitative estimate of drug-likeness (QED) is 0.290. The molecule has 7 heteroatoms. The molecule has 0 spiro atoms. The number of ether oxygens (including phenoxy) is 1. The zero-order valence-corrected chi connectivity index (χ0v) is 16.8. The minimum atomic E-state index is -0.617. The third-order valence-corrected chi connectivity index (χ3v) is 5.24. The molecular formula is C22H19NO6. The van der Waals surface area contributed by atoms with Gasteiger partial charge in [-0.2, -0.15) is 0 Å². The normalized spacial score (nSPS) is 11.5. The lowest BCUT2D eigenvalue weighted by atomic mass is 10.0. The number of aryl methyl sites for hydroxylation is 3. The van der Waals surface area contributed by atoms with Crippen LogP contribution in [0.15, 0.2) is 30.6 Å². The number of hydrogen-bond donors (Lipinski definition) is 0. The first kappa shape index (κ1) is 18.9. The zero-order chi connectivity index (χ0) is 21.0. The second-order valence-corrected chi connectivity index (χ2v) is 6.96. The maximum absolute atomic E-state index is 12.7. The van der Waals surface area contributed by atoms with Crippen LogP contribution in [0.3, 0.4) is 0 Å². The van der Waals surface area contributed by atoms with Gasteiger partial charge < -0.3 is 13.6 Å². The Hall–Kier alpha value is -3.48.